The van der Waals surface area contributed by atoms with E-state index in [1.54, 1.807) is 19.2 Å². The first-order chi connectivity index (χ1) is 15.1. The van der Waals surface area contributed by atoms with Gasteiger partial charge in [0.15, 0.2) is 11.7 Å². The Morgan fingerprint density at radius 1 is 1.09 bits per heavy atom. The molecule has 9 heteroatoms. The number of nitrogens with one attached hydrogen (secondary N) is 1. The van der Waals surface area contributed by atoms with Crippen LogP contribution in [-0.4, -0.2) is 74.7 Å². The number of amides is 1. The van der Waals surface area contributed by atoms with E-state index in [2.05, 4.69) is 21.3 Å². The number of rotatable bonds is 4. The van der Waals surface area contributed by atoms with Gasteiger partial charge in [-0.25, -0.2) is 0 Å². The molecular weight excluding hydrogens is 543 g/mol. The van der Waals surface area contributed by atoms with Gasteiger partial charge < -0.3 is 24.3 Å². The van der Waals surface area contributed by atoms with Gasteiger partial charge in [0.1, 0.15) is 0 Å². The van der Waals surface area contributed by atoms with E-state index < -0.39 is 0 Å². The number of aliphatic imine (C=N–C) groups is 1. The smallest absolute Gasteiger partial charge is 0.289 e. The third-order valence-corrected chi connectivity index (χ3v) is 6.62. The topological polar surface area (TPSA) is 70.3 Å². The minimum atomic E-state index is -0.0936. The van der Waals surface area contributed by atoms with Gasteiger partial charge in [-0.15, -0.1) is 24.0 Å². The molecule has 32 heavy (non-hydrogen) atoms. The summed E-state index contributed by atoms with van der Waals surface area (Å²) in [6.45, 7) is 4.87. The van der Waals surface area contributed by atoms with Crippen LogP contribution < -0.4 is 5.32 Å². The molecule has 0 aliphatic carbocycles. The molecule has 174 valence electrons. The Bertz CT molecular complexity index is 908. The van der Waals surface area contributed by atoms with Gasteiger partial charge >= 0.3 is 0 Å². The lowest BCUT2D eigenvalue weighted by Gasteiger charge is -2.41. The van der Waals surface area contributed by atoms with Crippen molar-refractivity contribution in [2.24, 2.45) is 4.99 Å². The maximum Gasteiger partial charge on any atom is 0.289 e. The fourth-order valence-corrected chi connectivity index (χ4v) is 4.79. The third-order valence-electron chi connectivity index (χ3n) is 6.29. The molecule has 2 fully saturated rings. The highest BCUT2D eigenvalue weighted by molar-refractivity contribution is 14.0. The Kier molecular flexibility index (Phi) is 8.84. The van der Waals surface area contributed by atoms with E-state index in [0.717, 1.165) is 49.1 Å². The minimum Gasteiger partial charge on any atom is -0.459 e. The molecule has 0 bridgehead atoms. The molecule has 0 unspecified atom stereocenters. The number of guanidine groups is 1. The second kappa shape index (κ2) is 11.4. The predicted molar refractivity (Wildman–Crippen MR) is 136 cm³/mol. The molecule has 1 amide bonds. The van der Waals surface area contributed by atoms with Gasteiger partial charge in [0, 0.05) is 63.4 Å². The Labute approximate surface area is 211 Å². The average molecular weight is 573 g/mol. The summed E-state index contributed by atoms with van der Waals surface area (Å²) in [5, 5.41) is 4.38. The summed E-state index contributed by atoms with van der Waals surface area (Å²) >= 11 is 6.58. The summed E-state index contributed by atoms with van der Waals surface area (Å²) in [6, 6.07) is 11.5. The molecule has 1 N–H and O–H groups in total. The Morgan fingerprint density at radius 2 is 1.78 bits per heavy atom. The number of nitrogens with zero attached hydrogens (tertiary/aromatic N) is 3. The van der Waals surface area contributed by atoms with Crippen molar-refractivity contribution in [3.8, 4) is 0 Å². The van der Waals surface area contributed by atoms with Crippen molar-refractivity contribution in [3.63, 3.8) is 0 Å². The van der Waals surface area contributed by atoms with E-state index in [0.29, 0.717) is 31.9 Å². The van der Waals surface area contributed by atoms with Crippen LogP contribution in [0.2, 0.25) is 5.02 Å². The SMILES string of the molecule is CN=C(NCC1(c2ccccc2Cl)CCOCC1)N1CCN(C(=O)c2ccco2)CC1.I. The van der Waals surface area contributed by atoms with E-state index >= 15 is 0 Å². The lowest BCUT2D eigenvalue weighted by atomic mass is 9.74. The van der Waals surface area contributed by atoms with Crippen molar-refractivity contribution in [1.82, 2.24) is 15.1 Å². The highest BCUT2D eigenvalue weighted by atomic mass is 127. The van der Waals surface area contributed by atoms with Gasteiger partial charge in [-0.1, -0.05) is 29.8 Å². The molecule has 2 aliphatic heterocycles. The van der Waals surface area contributed by atoms with Crippen molar-refractivity contribution in [3.05, 3.63) is 59.0 Å². The van der Waals surface area contributed by atoms with E-state index in [1.165, 1.54) is 6.26 Å². The van der Waals surface area contributed by atoms with Crippen molar-refractivity contribution >= 4 is 47.4 Å². The predicted octanol–water partition coefficient (Wildman–Crippen LogP) is 3.63. The zero-order chi connectivity index (χ0) is 21.7. The van der Waals surface area contributed by atoms with Gasteiger partial charge in [0.25, 0.3) is 5.91 Å². The number of benzene rings is 1. The summed E-state index contributed by atoms with van der Waals surface area (Å²) in [4.78, 5) is 21.0. The lowest BCUT2D eigenvalue weighted by Crippen LogP contribution is -2.55. The number of carbonyl (C=O) groups is 1. The molecular formula is C23H30ClIN4O3. The zero-order valence-corrected chi connectivity index (χ0v) is 21.3. The fourth-order valence-electron chi connectivity index (χ4n) is 4.45. The standard InChI is InChI=1S/C23H29ClN4O3.HI/c1-25-22(28-12-10-27(11-13-28)21(29)20-7-4-14-31-20)26-17-23(8-15-30-16-9-23)18-5-2-3-6-19(18)24;/h2-7,14H,8-13,15-17H2,1H3,(H,25,26);1H. The number of ether oxygens (including phenoxy) is 1. The fraction of sp³-hybridized carbons (Fsp3) is 0.478. The van der Waals surface area contributed by atoms with E-state index in [9.17, 15) is 4.79 Å². The highest BCUT2D eigenvalue weighted by Crippen LogP contribution is 2.38. The average Bonchev–Trinajstić information content (AvgIpc) is 3.35. The van der Waals surface area contributed by atoms with Crippen LogP contribution in [0.1, 0.15) is 29.0 Å². The molecule has 0 spiro atoms. The Morgan fingerprint density at radius 3 is 2.41 bits per heavy atom. The Hall–Kier alpha value is -1.78. The molecule has 2 saturated heterocycles. The van der Waals surface area contributed by atoms with Gasteiger partial charge in [0.2, 0.25) is 0 Å². The molecule has 3 heterocycles. The molecule has 2 aliphatic rings. The quantitative estimate of drug-likeness (QED) is 0.344. The molecule has 2 aromatic rings. The van der Waals surface area contributed by atoms with E-state index in [4.69, 9.17) is 20.8 Å². The van der Waals surface area contributed by atoms with Crippen LogP contribution in [0.4, 0.5) is 0 Å². The first-order valence-corrected chi connectivity index (χ1v) is 11.1. The van der Waals surface area contributed by atoms with Gasteiger partial charge in [-0.05, 0) is 36.6 Å². The molecule has 0 atom stereocenters. The van der Waals surface area contributed by atoms with Crippen LogP contribution in [0.3, 0.4) is 0 Å². The normalized spacial score (nSPS) is 18.8. The molecule has 7 nitrogen and oxygen atoms in total. The lowest BCUT2D eigenvalue weighted by molar-refractivity contribution is 0.0509. The number of halogens is 2. The summed E-state index contributed by atoms with van der Waals surface area (Å²) < 4.78 is 10.9. The number of piperazine rings is 1. The van der Waals surface area contributed by atoms with Crippen LogP contribution in [0.5, 0.6) is 0 Å². The number of hydrogen-bond donors (Lipinski definition) is 1. The first kappa shape index (κ1) is 24.9. The molecule has 1 aromatic heterocycles. The monoisotopic (exact) mass is 572 g/mol. The summed E-state index contributed by atoms with van der Waals surface area (Å²) in [5.74, 6) is 1.17. The summed E-state index contributed by atoms with van der Waals surface area (Å²) in [6.07, 6.45) is 3.35. The van der Waals surface area contributed by atoms with Crippen LogP contribution in [0, 0.1) is 0 Å². The highest BCUT2D eigenvalue weighted by Gasteiger charge is 2.36. The summed E-state index contributed by atoms with van der Waals surface area (Å²) in [5.41, 5.74) is 1.07. The van der Waals surface area contributed by atoms with Crippen molar-refractivity contribution in [2.75, 3.05) is 53.0 Å². The van der Waals surface area contributed by atoms with Gasteiger partial charge in [-0.3, -0.25) is 9.79 Å². The number of furan rings is 1. The number of hydrogen-bond acceptors (Lipinski definition) is 4. The molecule has 0 radical (unpaired) electrons. The van der Waals surface area contributed by atoms with Gasteiger partial charge in [-0.2, -0.15) is 0 Å². The molecule has 0 saturated carbocycles. The van der Waals surface area contributed by atoms with Crippen molar-refractivity contribution in [2.45, 2.75) is 18.3 Å². The maximum atomic E-state index is 12.5. The third kappa shape index (κ3) is 5.40. The zero-order valence-electron chi connectivity index (χ0n) is 18.3. The first-order valence-electron chi connectivity index (χ1n) is 10.7. The van der Waals surface area contributed by atoms with Crippen LogP contribution in [-0.2, 0) is 10.2 Å². The maximum absolute atomic E-state index is 12.5. The van der Waals surface area contributed by atoms with Gasteiger partial charge in [0.05, 0.1) is 6.26 Å². The van der Waals surface area contributed by atoms with Crippen molar-refractivity contribution < 1.29 is 13.9 Å². The Balaban J connectivity index is 0.00000289. The second-order valence-corrected chi connectivity index (χ2v) is 8.44. The van der Waals surface area contributed by atoms with Crippen LogP contribution in [0.25, 0.3) is 0 Å². The number of carbonyl (C=O) groups excluding carboxylic acids is 1. The molecule has 1 aromatic carbocycles. The van der Waals surface area contributed by atoms with E-state index in [1.807, 2.05) is 23.1 Å². The minimum absolute atomic E-state index is 0. The van der Waals surface area contributed by atoms with E-state index in [-0.39, 0.29) is 35.3 Å². The largest absolute Gasteiger partial charge is 0.459 e. The summed E-state index contributed by atoms with van der Waals surface area (Å²) in [7, 11) is 1.80. The van der Waals surface area contributed by atoms with Crippen molar-refractivity contribution in [1.29, 1.82) is 0 Å². The molecule has 4 rings (SSSR count). The van der Waals surface area contributed by atoms with Crippen LogP contribution in [0.15, 0.2) is 52.1 Å². The van der Waals surface area contributed by atoms with Crippen LogP contribution >= 0.6 is 35.6 Å². The second-order valence-electron chi connectivity index (χ2n) is 8.03.